The van der Waals surface area contributed by atoms with Crippen LogP contribution in [0.3, 0.4) is 0 Å². The van der Waals surface area contributed by atoms with Crippen molar-refractivity contribution in [3.63, 3.8) is 0 Å². The van der Waals surface area contributed by atoms with E-state index < -0.39 is 0 Å². The summed E-state index contributed by atoms with van der Waals surface area (Å²) in [4.78, 5) is 5.24. The fraction of sp³-hybridized carbons (Fsp3) is 0.267. The van der Waals surface area contributed by atoms with Crippen molar-refractivity contribution in [3.8, 4) is 5.75 Å². The van der Waals surface area contributed by atoms with Gasteiger partial charge in [0.15, 0.2) is 4.80 Å². The summed E-state index contributed by atoms with van der Waals surface area (Å²) in [5.74, 6) is 0.337. The van der Waals surface area contributed by atoms with Gasteiger partial charge in [-0.25, -0.2) is 0 Å². The summed E-state index contributed by atoms with van der Waals surface area (Å²) < 4.78 is 3.07. The maximum atomic E-state index is 10.4. The number of phenolic OH excluding ortho intramolecular Hbond substituents is 1. The molecule has 0 saturated carbocycles. The predicted octanol–water partition coefficient (Wildman–Crippen LogP) is 2.30. The molecule has 104 valence electrons. The molecule has 2 N–H and O–H groups in total. The Hall–Kier alpha value is -1.85. The van der Waals surface area contributed by atoms with Gasteiger partial charge in [0.1, 0.15) is 5.75 Å². The molecule has 0 aliphatic heterocycles. The minimum absolute atomic E-state index is 0.0409. The molecule has 4 nitrogen and oxygen atoms in total. The van der Waals surface area contributed by atoms with Crippen molar-refractivity contribution < 1.29 is 10.2 Å². The van der Waals surface area contributed by atoms with Crippen molar-refractivity contribution in [2.75, 3.05) is 13.2 Å². The lowest BCUT2D eigenvalue weighted by molar-refractivity contribution is 0.305. The van der Waals surface area contributed by atoms with E-state index in [1.54, 1.807) is 11.3 Å². The highest BCUT2D eigenvalue weighted by Crippen LogP contribution is 2.37. The van der Waals surface area contributed by atoms with Crippen LogP contribution in [-0.4, -0.2) is 27.9 Å². The molecular weight excluding hydrogens is 272 g/mol. The lowest BCUT2D eigenvalue weighted by Crippen LogP contribution is -2.11. The van der Waals surface area contributed by atoms with Crippen LogP contribution in [0, 0.1) is 6.92 Å². The SMILES string of the molecule is Cc1c(O)c2ccccc2c2c1s/c(=N\CCO)n2C. The van der Waals surface area contributed by atoms with E-state index in [-0.39, 0.29) is 6.61 Å². The van der Waals surface area contributed by atoms with Gasteiger partial charge in [-0.05, 0) is 6.92 Å². The molecular formula is C15H16N2O2S. The molecule has 0 amide bonds. The average Bonchev–Trinajstić information content (AvgIpc) is 2.80. The van der Waals surface area contributed by atoms with Crippen molar-refractivity contribution in [1.29, 1.82) is 0 Å². The van der Waals surface area contributed by atoms with E-state index >= 15 is 0 Å². The molecule has 20 heavy (non-hydrogen) atoms. The first-order valence-corrected chi connectivity index (χ1v) is 7.28. The average molecular weight is 288 g/mol. The second kappa shape index (κ2) is 4.92. The van der Waals surface area contributed by atoms with Crippen LogP contribution in [0.4, 0.5) is 0 Å². The third-order valence-corrected chi connectivity index (χ3v) is 4.80. The first-order valence-electron chi connectivity index (χ1n) is 6.46. The van der Waals surface area contributed by atoms with E-state index in [1.165, 1.54) is 0 Å². The predicted molar refractivity (Wildman–Crippen MR) is 82.2 cm³/mol. The Morgan fingerprint density at radius 1 is 1.25 bits per heavy atom. The summed E-state index contributed by atoms with van der Waals surface area (Å²) in [6, 6.07) is 7.84. The van der Waals surface area contributed by atoms with Gasteiger partial charge in [-0.3, -0.25) is 4.99 Å². The summed E-state index contributed by atoms with van der Waals surface area (Å²) in [5, 5.41) is 21.2. The number of aliphatic hydroxyl groups excluding tert-OH is 1. The molecule has 2 aromatic carbocycles. The van der Waals surface area contributed by atoms with Crippen molar-refractivity contribution in [1.82, 2.24) is 4.57 Å². The minimum Gasteiger partial charge on any atom is -0.507 e. The lowest BCUT2D eigenvalue weighted by atomic mass is 10.0. The smallest absolute Gasteiger partial charge is 0.185 e. The molecule has 0 fully saturated rings. The maximum Gasteiger partial charge on any atom is 0.185 e. The molecule has 0 spiro atoms. The van der Waals surface area contributed by atoms with Crippen LogP contribution < -0.4 is 4.80 Å². The molecule has 1 heterocycles. The third kappa shape index (κ3) is 1.82. The minimum atomic E-state index is 0.0409. The second-order valence-electron chi connectivity index (χ2n) is 4.75. The van der Waals surface area contributed by atoms with E-state index in [0.29, 0.717) is 12.3 Å². The van der Waals surface area contributed by atoms with Crippen molar-refractivity contribution in [2.24, 2.45) is 12.0 Å². The summed E-state index contributed by atoms with van der Waals surface area (Å²) in [5.41, 5.74) is 1.96. The van der Waals surface area contributed by atoms with E-state index in [1.807, 2.05) is 42.8 Å². The quantitative estimate of drug-likeness (QED) is 0.760. The molecule has 0 aliphatic carbocycles. The van der Waals surface area contributed by atoms with Gasteiger partial charge >= 0.3 is 0 Å². The summed E-state index contributed by atoms with van der Waals surface area (Å²) in [6.45, 7) is 2.36. The van der Waals surface area contributed by atoms with Gasteiger partial charge < -0.3 is 14.8 Å². The van der Waals surface area contributed by atoms with Gasteiger partial charge in [0.2, 0.25) is 0 Å². The summed E-state index contributed by atoms with van der Waals surface area (Å²) in [6.07, 6.45) is 0. The number of fused-ring (bicyclic) bond motifs is 3. The number of aliphatic hydroxyl groups is 1. The zero-order valence-electron chi connectivity index (χ0n) is 11.4. The van der Waals surface area contributed by atoms with Crippen LogP contribution in [0.1, 0.15) is 5.56 Å². The van der Waals surface area contributed by atoms with E-state index in [0.717, 1.165) is 31.4 Å². The normalized spacial score (nSPS) is 12.7. The molecule has 1 aromatic heterocycles. The summed E-state index contributed by atoms with van der Waals surface area (Å²) >= 11 is 1.54. The highest BCUT2D eigenvalue weighted by molar-refractivity contribution is 7.16. The van der Waals surface area contributed by atoms with Crippen molar-refractivity contribution >= 4 is 32.3 Å². The van der Waals surface area contributed by atoms with E-state index in [4.69, 9.17) is 5.11 Å². The maximum absolute atomic E-state index is 10.4. The van der Waals surface area contributed by atoms with E-state index in [2.05, 4.69) is 4.99 Å². The summed E-state index contributed by atoms with van der Waals surface area (Å²) in [7, 11) is 1.97. The molecule has 0 aliphatic rings. The number of thiazole rings is 1. The second-order valence-corrected chi connectivity index (χ2v) is 5.72. The van der Waals surface area contributed by atoms with Gasteiger partial charge in [0.05, 0.1) is 23.4 Å². The van der Waals surface area contributed by atoms with Crippen LogP contribution in [0.2, 0.25) is 0 Å². The number of benzene rings is 2. The van der Waals surface area contributed by atoms with Crippen LogP contribution in [0.25, 0.3) is 21.0 Å². The van der Waals surface area contributed by atoms with Crippen LogP contribution >= 0.6 is 11.3 Å². The molecule has 0 atom stereocenters. The highest BCUT2D eigenvalue weighted by atomic mass is 32.1. The number of aromatic nitrogens is 1. The third-order valence-electron chi connectivity index (χ3n) is 3.51. The number of hydrogen-bond acceptors (Lipinski definition) is 4. The molecule has 0 bridgehead atoms. The Bertz CT molecular complexity index is 862. The van der Waals surface area contributed by atoms with Crippen molar-refractivity contribution in [2.45, 2.75) is 6.92 Å². The Labute approximate surface area is 120 Å². The van der Waals surface area contributed by atoms with Gasteiger partial charge in [-0.2, -0.15) is 0 Å². The fourth-order valence-corrected chi connectivity index (χ4v) is 3.66. The molecule has 0 radical (unpaired) electrons. The largest absolute Gasteiger partial charge is 0.507 e. The van der Waals surface area contributed by atoms with Crippen LogP contribution in [0.5, 0.6) is 5.75 Å². The van der Waals surface area contributed by atoms with Gasteiger partial charge in [0, 0.05) is 23.4 Å². The van der Waals surface area contributed by atoms with Gasteiger partial charge in [0.25, 0.3) is 0 Å². The van der Waals surface area contributed by atoms with Crippen molar-refractivity contribution in [3.05, 3.63) is 34.6 Å². The van der Waals surface area contributed by atoms with Crippen LogP contribution in [-0.2, 0) is 7.05 Å². The first kappa shape index (κ1) is 13.1. The number of nitrogens with zero attached hydrogens (tertiary/aromatic N) is 2. The number of rotatable bonds is 2. The lowest BCUT2D eigenvalue weighted by Gasteiger charge is -2.07. The monoisotopic (exact) mass is 288 g/mol. The Balaban J connectivity index is 2.52. The standard InChI is InChI=1S/C15H16N2O2S/c1-9-13(19)11-6-4-3-5-10(11)12-14(9)20-15(17(12)2)16-7-8-18/h3-6,18-19H,7-8H2,1-2H3/b16-15-. The van der Waals surface area contributed by atoms with Gasteiger partial charge in [-0.15, -0.1) is 0 Å². The topological polar surface area (TPSA) is 57.8 Å². The highest BCUT2D eigenvalue weighted by Gasteiger charge is 2.14. The Morgan fingerprint density at radius 2 is 1.95 bits per heavy atom. The fourth-order valence-electron chi connectivity index (χ4n) is 2.50. The number of phenols is 1. The molecule has 3 aromatic rings. The van der Waals surface area contributed by atoms with Gasteiger partial charge in [-0.1, -0.05) is 35.6 Å². The Kier molecular flexibility index (Phi) is 3.23. The number of aryl methyl sites for hydroxylation is 2. The number of hydrogen-bond donors (Lipinski definition) is 2. The Morgan fingerprint density at radius 3 is 2.65 bits per heavy atom. The van der Waals surface area contributed by atoms with Crippen LogP contribution in [0.15, 0.2) is 29.3 Å². The zero-order chi connectivity index (χ0) is 14.3. The zero-order valence-corrected chi connectivity index (χ0v) is 12.2. The first-order chi connectivity index (χ1) is 9.65. The molecule has 3 rings (SSSR count). The van der Waals surface area contributed by atoms with E-state index in [9.17, 15) is 5.11 Å². The molecule has 0 saturated heterocycles. The number of aromatic hydroxyl groups is 1. The molecule has 5 heteroatoms. The molecule has 0 unspecified atom stereocenters.